The van der Waals surface area contributed by atoms with Crippen LogP contribution in [0.2, 0.25) is 0 Å². The molecule has 0 aliphatic carbocycles. The number of hydrogen-bond acceptors (Lipinski definition) is 3. The Labute approximate surface area is 139 Å². The van der Waals surface area contributed by atoms with E-state index in [1.807, 2.05) is 12.1 Å². The average molecular weight is 310 g/mol. The summed E-state index contributed by atoms with van der Waals surface area (Å²) in [6, 6.07) is 17.4. The van der Waals surface area contributed by atoms with Gasteiger partial charge in [-0.3, -0.25) is 4.90 Å². The van der Waals surface area contributed by atoms with E-state index in [1.165, 1.54) is 16.7 Å². The number of benzene rings is 2. The molecule has 0 bridgehead atoms. The lowest BCUT2D eigenvalue weighted by Crippen LogP contribution is -2.45. The molecule has 1 aliphatic rings. The maximum atomic E-state index is 6.33. The number of methoxy groups -OCH3 is 1. The number of hydrogen-bond donors (Lipinski definition) is 1. The Balaban J connectivity index is 1.70. The molecular weight excluding hydrogens is 284 g/mol. The third-order valence-electron chi connectivity index (χ3n) is 4.63. The van der Waals surface area contributed by atoms with Crippen molar-refractivity contribution in [3.63, 3.8) is 0 Å². The van der Waals surface area contributed by atoms with Gasteiger partial charge in [0, 0.05) is 25.7 Å². The van der Waals surface area contributed by atoms with Crippen molar-refractivity contribution in [3.8, 4) is 5.75 Å². The summed E-state index contributed by atoms with van der Waals surface area (Å²) in [7, 11) is 1.70. The number of ether oxygens (including phenoxy) is 1. The quantitative estimate of drug-likeness (QED) is 0.941. The molecule has 23 heavy (non-hydrogen) atoms. The number of aryl methyl sites for hydroxylation is 1. The van der Waals surface area contributed by atoms with Crippen molar-refractivity contribution in [1.29, 1.82) is 0 Å². The standard InChI is InChI=1S/C20H26N2O/c1-15-4-3-5-16(10-15)12-22-13-18(11-19(21)14-22)17-6-8-20(23-2)9-7-17/h3-10,18-19H,11-14,21H2,1-2H3. The number of nitrogens with zero attached hydrogens (tertiary/aromatic N) is 1. The van der Waals surface area contributed by atoms with Crippen LogP contribution in [0.3, 0.4) is 0 Å². The molecule has 3 nitrogen and oxygen atoms in total. The van der Waals surface area contributed by atoms with E-state index in [9.17, 15) is 0 Å². The van der Waals surface area contributed by atoms with Gasteiger partial charge >= 0.3 is 0 Å². The van der Waals surface area contributed by atoms with E-state index in [-0.39, 0.29) is 6.04 Å². The molecule has 1 fully saturated rings. The molecule has 0 spiro atoms. The molecule has 1 saturated heterocycles. The molecule has 2 unspecified atom stereocenters. The number of nitrogens with two attached hydrogens (primary N) is 1. The minimum atomic E-state index is 0.237. The fourth-order valence-electron chi connectivity index (χ4n) is 3.55. The first kappa shape index (κ1) is 16.0. The van der Waals surface area contributed by atoms with Gasteiger partial charge in [-0.05, 0) is 42.5 Å². The summed E-state index contributed by atoms with van der Waals surface area (Å²) < 4.78 is 5.25. The van der Waals surface area contributed by atoms with Crippen molar-refractivity contribution in [2.24, 2.45) is 5.73 Å². The van der Waals surface area contributed by atoms with Crippen LogP contribution in [-0.2, 0) is 6.54 Å². The maximum Gasteiger partial charge on any atom is 0.118 e. The topological polar surface area (TPSA) is 38.5 Å². The summed E-state index contributed by atoms with van der Waals surface area (Å²) in [5, 5.41) is 0. The fourth-order valence-corrected chi connectivity index (χ4v) is 3.55. The van der Waals surface area contributed by atoms with Crippen LogP contribution in [0.5, 0.6) is 5.75 Å². The Kier molecular flexibility index (Phi) is 4.99. The Hall–Kier alpha value is -1.84. The number of rotatable bonds is 4. The highest BCUT2D eigenvalue weighted by molar-refractivity contribution is 5.30. The van der Waals surface area contributed by atoms with E-state index in [0.717, 1.165) is 31.8 Å². The summed E-state index contributed by atoms with van der Waals surface area (Å²) in [6.07, 6.45) is 1.05. The molecular formula is C20H26N2O. The van der Waals surface area contributed by atoms with Gasteiger partial charge in [-0.2, -0.15) is 0 Å². The molecule has 0 amide bonds. The highest BCUT2D eigenvalue weighted by atomic mass is 16.5. The largest absolute Gasteiger partial charge is 0.497 e. The molecule has 0 saturated carbocycles. The van der Waals surface area contributed by atoms with Crippen LogP contribution < -0.4 is 10.5 Å². The van der Waals surface area contributed by atoms with Gasteiger partial charge in [0.1, 0.15) is 5.75 Å². The number of piperidine rings is 1. The summed E-state index contributed by atoms with van der Waals surface area (Å²) in [4.78, 5) is 2.48. The first-order chi connectivity index (χ1) is 11.1. The summed E-state index contributed by atoms with van der Waals surface area (Å²) in [5.74, 6) is 1.40. The van der Waals surface area contributed by atoms with E-state index in [4.69, 9.17) is 10.5 Å². The second-order valence-corrected chi connectivity index (χ2v) is 6.65. The van der Waals surface area contributed by atoms with Crippen molar-refractivity contribution in [2.45, 2.75) is 31.8 Å². The first-order valence-corrected chi connectivity index (χ1v) is 8.31. The zero-order chi connectivity index (χ0) is 16.2. The van der Waals surface area contributed by atoms with Crippen LogP contribution >= 0.6 is 0 Å². The van der Waals surface area contributed by atoms with Crippen LogP contribution in [0.1, 0.15) is 29.0 Å². The van der Waals surface area contributed by atoms with Crippen molar-refractivity contribution in [3.05, 3.63) is 65.2 Å². The van der Waals surface area contributed by atoms with Gasteiger partial charge in [0.2, 0.25) is 0 Å². The molecule has 3 rings (SSSR count). The van der Waals surface area contributed by atoms with Gasteiger partial charge in [-0.15, -0.1) is 0 Å². The zero-order valence-corrected chi connectivity index (χ0v) is 14.0. The molecule has 2 N–H and O–H groups in total. The predicted molar refractivity (Wildman–Crippen MR) is 94.8 cm³/mol. The molecule has 1 heterocycles. The normalized spacial score (nSPS) is 22.0. The number of likely N-dealkylation sites (tertiary alicyclic amines) is 1. The van der Waals surface area contributed by atoms with Crippen LogP contribution in [0, 0.1) is 6.92 Å². The van der Waals surface area contributed by atoms with Gasteiger partial charge < -0.3 is 10.5 Å². The van der Waals surface area contributed by atoms with Crippen molar-refractivity contribution >= 4 is 0 Å². The van der Waals surface area contributed by atoms with Crippen LogP contribution in [0.25, 0.3) is 0 Å². The van der Waals surface area contributed by atoms with Crippen molar-refractivity contribution in [1.82, 2.24) is 4.90 Å². The van der Waals surface area contributed by atoms with E-state index in [1.54, 1.807) is 7.11 Å². The van der Waals surface area contributed by atoms with Gasteiger partial charge in [-0.25, -0.2) is 0 Å². The van der Waals surface area contributed by atoms with Crippen molar-refractivity contribution in [2.75, 3.05) is 20.2 Å². The summed E-state index contributed by atoms with van der Waals surface area (Å²) >= 11 is 0. The summed E-state index contributed by atoms with van der Waals surface area (Å²) in [6.45, 7) is 5.15. The van der Waals surface area contributed by atoms with Crippen LogP contribution in [0.15, 0.2) is 48.5 Å². The van der Waals surface area contributed by atoms with Gasteiger partial charge in [0.15, 0.2) is 0 Å². The Morgan fingerprint density at radius 1 is 1.13 bits per heavy atom. The van der Waals surface area contributed by atoms with E-state index in [2.05, 4.69) is 48.2 Å². The highest BCUT2D eigenvalue weighted by Crippen LogP contribution is 2.28. The summed E-state index contributed by atoms with van der Waals surface area (Å²) in [5.41, 5.74) is 10.4. The van der Waals surface area contributed by atoms with E-state index >= 15 is 0 Å². The van der Waals surface area contributed by atoms with E-state index in [0.29, 0.717) is 5.92 Å². The third-order valence-corrected chi connectivity index (χ3v) is 4.63. The van der Waals surface area contributed by atoms with Crippen molar-refractivity contribution < 1.29 is 4.74 Å². The molecule has 2 atom stereocenters. The SMILES string of the molecule is COc1ccc(C2CC(N)CN(Cc3cccc(C)c3)C2)cc1. The Morgan fingerprint density at radius 2 is 1.91 bits per heavy atom. The predicted octanol–water partition coefficient (Wildman–Crippen LogP) is 3.32. The molecule has 3 heteroatoms. The van der Waals surface area contributed by atoms with Crippen LogP contribution in [-0.4, -0.2) is 31.1 Å². The molecule has 2 aromatic rings. The molecule has 122 valence electrons. The van der Waals surface area contributed by atoms with Gasteiger partial charge in [0.05, 0.1) is 7.11 Å². The molecule has 1 aliphatic heterocycles. The lowest BCUT2D eigenvalue weighted by atomic mass is 9.88. The second kappa shape index (κ2) is 7.16. The molecule has 0 radical (unpaired) electrons. The smallest absolute Gasteiger partial charge is 0.118 e. The van der Waals surface area contributed by atoms with Gasteiger partial charge in [0.25, 0.3) is 0 Å². The molecule has 0 aromatic heterocycles. The maximum absolute atomic E-state index is 6.33. The zero-order valence-electron chi connectivity index (χ0n) is 14.0. The Bertz CT molecular complexity index is 638. The lowest BCUT2D eigenvalue weighted by molar-refractivity contribution is 0.181. The van der Waals surface area contributed by atoms with Gasteiger partial charge in [-0.1, -0.05) is 42.0 Å². The Morgan fingerprint density at radius 3 is 2.61 bits per heavy atom. The van der Waals surface area contributed by atoms with E-state index < -0.39 is 0 Å². The average Bonchev–Trinajstić information content (AvgIpc) is 2.54. The second-order valence-electron chi connectivity index (χ2n) is 6.65. The highest BCUT2D eigenvalue weighted by Gasteiger charge is 2.26. The minimum Gasteiger partial charge on any atom is -0.497 e. The monoisotopic (exact) mass is 310 g/mol. The minimum absolute atomic E-state index is 0.237. The first-order valence-electron chi connectivity index (χ1n) is 8.31. The fraction of sp³-hybridized carbons (Fsp3) is 0.400. The molecule has 2 aromatic carbocycles. The van der Waals surface area contributed by atoms with Crippen LogP contribution in [0.4, 0.5) is 0 Å². The lowest BCUT2D eigenvalue weighted by Gasteiger charge is -2.36. The third kappa shape index (κ3) is 4.12.